The van der Waals surface area contributed by atoms with Crippen molar-refractivity contribution in [1.29, 1.82) is 0 Å². The third kappa shape index (κ3) is 2.72. The van der Waals surface area contributed by atoms with Gasteiger partial charge in [0.15, 0.2) is 5.82 Å². The van der Waals surface area contributed by atoms with Gasteiger partial charge in [-0.05, 0) is 18.9 Å². The maximum absolute atomic E-state index is 13.2. The number of aromatic nitrogens is 3. The van der Waals surface area contributed by atoms with Gasteiger partial charge in [0.05, 0.1) is 29.5 Å². The van der Waals surface area contributed by atoms with Gasteiger partial charge in [-0.1, -0.05) is 0 Å². The van der Waals surface area contributed by atoms with E-state index < -0.39 is 11.7 Å². The maximum Gasteiger partial charge on any atom is 0.248 e. The van der Waals surface area contributed by atoms with Crippen molar-refractivity contribution >= 4 is 5.69 Å². The molecular weight excluding hydrogens is 281 g/mol. The van der Waals surface area contributed by atoms with Gasteiger partial charge in [0.25, 0.3) is 0 Å². The molecule has 0 saturated heterocycles. The molecule has 7 heteroatoms. The van der Waals surface area contributed by atoms with E-state index in [4.69, 9.17) is 5.73 Å². The highest BCUT2D eigenvalue weighted by Gasteiger charge is 2.36. The van der Waals surface area contributed by atoms with Crippen molar-refractivity contribution in [3.05, 3.63) is 36.2 Å². The van der Waals surface area contributed by atoms with Gasteiger partial charge in [-0.3, -0.25) is 4.98 Å². The number of hydrogen-bond donors (Lipinski definition) is 1. The van der Waals surface area contributed by atoms with Gasteiger partial charge >= 0.3 is 0 Å². The number of rotatable bonds is 2. The summed E-state index contributed by atoms with van der Waals surface area (Å²) in [5, 5.41) is 3.87. The van der Waals surface area contributed by atoms with Crippen LogP contribution in [0.5, 0.6) is 0 Å². The lowest BCUT2D eigenvalue weighted by molar-refractivity contribution is -0.0384. The van der Waals surface area contributed by atoms with E-state index in [2.05, 4.69) is 10.1 Å². The second-order valence-electron chi connectivity index (χ2n) is 5.36. The predicted molar refractivity (Wildman–Crippen MR) is 71.9 cm³/mol. The fourth-order valence-corrected chi connectivity index (χ4v) is 2.75. The maximum atomic E-state index is 13.2. The first-order valence-corrected chi connectivity index (χ1v) is 6.79. The fourth-order valence-electron chi connectivity index (χ4n) is 2.75. The Morgan fingerprint density at radius 3 is 2.62 bits per heavy atom. The first-order valence-electron chi connectivity index (χ1n) is 6.79. The molecule has 1 fully saturated rings. The molecule has 0 amide bonds. The topological polar surface area (TPSA) is 56.7 Å². The van der Waals surface area contributed by atoms with Crippen LogP contribution in [0.2, 0.25) is 0 Å². The highest BCUT2D eigenvalue weighted by atomic mass is 19.3. The third-order valence-electron chi connectivity index (χ3n) is 3.90. The first-order chi connectivity index (χ1) is 9.96. The first kappa shape index (κ1) is 13.9. The van der Waals surface area contributed by atoms with Crippen molar-refractivity contribution < 1.29 is 13.2 Å². The number of nitrogen functional groups attached to an aromatic ring is 1. The second kappa shape index (κ2) is 5.05. The third-order valence-corrected chi connectivity index (χ3v) is 3.90. The van der Waals surface area contributed by atoms with Gasteiger partial charge in [-0.25, -0.2) is 17.9 Å². The second-order valence-corrected chi connectivity index (χ2v) is 5.36. The molecule has 2 aromatic heterocycles. The summed E-state index contributed by atoms with van der Waals surface area (Å²) in [6.45, 7) is 0. The van der Waals surface area contributed by atoms with E-state index in [9.17, 15) is 13.2 Å². The Morgan fingerprint density at radius 2 is 2.00 bits per heavy atom. The van der Waals surface area contributed by atoms with Crippen LogP contribution in [0.1, 0.15) is 37.3 Å². The SMILES string of the molecule is Nc1c(-n2cc(F)cn2)ccnc1C1CCC(F)(F)CC1. The average molecular weight is 296 g/mol. The number of alkyl halides is 2. The number of anilines is 1. The lowest BCUT2D eigenvalue weighted by Gasteiger charge is -2.28. The van der Waals surface area contributed by atoms with Crippen molar-refractivity contribution in [3.63, 3.8) is 0 Å². The fraction of sp³-hybridized carbons (Fsp3) is 0.429. The van der Waals surface area contributed by atoms with Gasteiger partial charge in [0.1, 0.15) is 0 Å². The Labute approximate surface area is 119 Å². The smallest absolute Gasteiger partial charge is 0.248 e. The molecule has 0 aliphatic heterocycles. The Bertz CT molecular complexity index is 643. The lowest BCUT2D eigenvalue weighted by Crippen LogP contribution is -2.24. The average Bonchev–Trinajstić information content (AvgIpc) is 2.86. The lowest BCUT2D eigenvalue weighted by atomic mass is 9.84. The zero-order chi connectivity index (χ0) is 15.0. The van der Waals surface area contributed by atoms with Crippen LogP contribution in [0.25, 0.3) is 5.69 Å². The summed E-state index contributed by atoms with van der Waals surface area (Å²) in [6, 6.07) is 1.63. The summed E-state index contributed by atoms with van der Waals surface area (Å²) in [4.78, 5) is 4.24. The number of pyridine rings is 1. The largest absolute Gasteiger partial charge is 0.395 e. The standard InChI is InChI=1S/C14H15F3N4/c15-10-7-20-21(8-10)11-3-6-19-13(12(11)18)9-1-4-14(16,17)5-2-9/h3,6-9H,1-2,4-5,18H2. The number of nitrogens with two attached hydrogens (primary N) is 1. The van der Waals surface area contributed by atoms with Gasteiger partial charge in [0, 0.05) is 25.0 Å². The summed E-state index contributed by atoms with van der Waals surface area (Å²) in [5.41, 5.74) is 7.57. The van der Waals surface area contributed by atoms with Crippen LogP contribution in [0.3, 0.4) is 0 Å². The minimum absolute atomic E-state index is 0.0926. The molecule has 2 N–H and O–H groups in total. The van der Waals surface area contributed by atoms with Crippen LogP contribution >= 0.6 is 0 Å². The van der Waals surface area contributed by atoms with Crippen LogP contribution in [-0.2, 0) is 0 Å². The number of halogens is 3. The Kier molecular flexibility index (Phi) is 3.35. The molecule has 0 aromatic carbocycles. The molecule has 112 valence electrons. The summed E-state index contributed by atoms with van der Waals surface area (Å²) >= 11 is 0. The van der Waals surface area contributed by atoms with E-state index in [1.807, 2.05) is 0 Å². The summed E-state index contributed by atoms with van der Waals surface area (Å²) in [6.07, 6.45) is 4.24. The minimum Gasteiger partial charge on any atom is -0.395 e. The molecule has 21 heavy (non-hydrogen) atoms. The molecule has 0 unspecified atom stereocenters. The molecule has 2 aromatic rings. The van der Waals surface area contributed by atoms with Gasteiger partial charge in [-0.2, -0.15) is 5.10 Å². The Balaban J connectivity index is 1.91. The van der Waals surface area contributed by atoms with E-state index >= 15 is 0 Å². The van der Waals surface area contributed by atoms with E-state index in [-0.39, 0.29) is 18.8 Å². The van der Waals surface area contributed by atoms with Crippen LogP contribution < -0.4 is 5.73 Å². The van der Waals surface area contributed by atoms with Crippen LogP contribution in [0, 0.1) is 5.82 Å². The van der Waals surface area contributed by atoms with Crippen LogP contribution in [0.15, 0.2) is 24.7 Å². The molecule has 1 aliphatic rings. The summed E-state index contributed by atoms with van der Waals surface area (Å²) in [5.74, 6) is -3.15. The van der Waals surface area contributed by atoms with Crippen molar-refractivity contribution in [2.75, 3.05) is 5.73 Å². The zero-order valence-corrected chi connectivity index (χ0v) is 11.3. The molecule has 1 aliphatic carbocycles. The van der Waals surface area contributed by atoms with Gasteiger partial charge in [0.2, 0.25) is 5.92 Å². The summed E-state index contributed by atoms with van der Waals surface area (Å²) < 4.78 is 40.9. The molecule has 4 nitrogen and oxygen atoms in total. The van der Waals surface area contributed by atoms with E-state index in [0.29, 0.717) is 29.9 Å². The minimum atomic E-state index is -2.59. The van der Waals surface area contributed by atoms with E-state index in [1.54, 1.807) is 12.3 Å². The molecule has 1 saturated carbocycles. The highest BCUT2D eigenvalue weighted by molar-refractivity contribution is 5.60. The molecular formula is C14H15F3N4. The highest BCUT2D eigenvalue weighted by Crippen LogP contribution is 2.42. The predicted octanol–water partition coefficient (Wildman–Crippen LogP) is 3.28. The molecule has 0 atom stereocenters. The van der Waals surface area contributed by atoms with Gasteiger partial charge < -0.3 is 5.73 Å². The summed E-state index contributed by atoms with van der Waals surface area (Å²) in [7, 11) is 0. The van der Waals surface area contributed by atoms with Crippen molar-refractivity contribution in [2.24, 2.45) is 0 Å². The van der Waals surface area contributed by atoms with Crippen molar-refractivity contribution in [1.82, 2.24) is 14.8 Å². The molecule has 3 rings (SSSR count). The number of hydrogen-bond acceptors (Lipinski definition) is 3. The van der Waals surface area contributed by atoms with Gasteiger partial charge in [-0.15, -0.1) is 0 Å². The van der Waals surface area contributed by atoms with Crippen LogP contribution in [0.4, 0.5) is 18.9 Å². The normalized spacial score (nSPS) is 18.8. The Morgan fingerprint density at radius 1 is 1.29 bits per heavy atom. The monoisotopic (exact) mass is 296 g/mol. The molecule has 0 spiro atoms. The quantitative estimate of drug-likeness (QED) is 0.925. The molecule has 0 bridgehead atoms. The molecule has 0 radical (unpaired) electrons. The van der Waals surface area contributed by atoms with Crippen LogP contribution in [-0.4, -0.2) is 20.7 Å². The molecule has 2 heterocycles. The Hall–Kier alpha value is -2.05. The van der Waals surface area contributed by atoms with E-state index in [0.717, 1.165) is 6.20 Å². The van der Waals surface area contributed by atoms with Crippen molar-refractivity contribution in [3.8, 4) is 5.69 Å². The zero-order valence-electron chi connectivity index (χ0n) is 11.3. The number of nitrogens with zero attached hydrogens (tertiary/aromatic N) is 3. The van der Waals surface area contributed by atoms with Crippen molar-refractivity contribution in [2.45, 2.75) is 37.5 Å². The van der Waals surface area contributed by atoms with E-state index in [1.165, 1.54) is 10.9 Å².